The van der Waals surface area contributed by atoms with E-state index in [0.717, 1.165) is 5.69 Å². The Kier molecular flexibility index (Phi) is 7.42. The molecule has 1 fully saturated rings. The van der Waals surface area contributed by atoms with Gasteiger partial charge in [-0.25, -0.2) is 9.59 Å². The van der Waals surface area contributed by atoms with Gasteiger partial charge in [0, 0.05) is 43.1 Å². The van der Waals surface area contributed by atoms with Gasteiger partial charge in [-0.1, -0.05) is 0 Å². The van der Waals surface area contributed by atoms with Gasteiger partial charge in [-0.05, 0) is 69.3 Å². The number of amides is 2. The first-order chi connectivity index (χ1) is 15.6. The van der Waals surface area contributed by atoms with E-state index >= 15 is 0 Å². The number of hydrogen-bond donors (Lipinski definition) is 2. The Labute approximate surface area is 192 Å². The fourth-order valence-electron chi connectivity index (χ4n) is 3.28. The molecule has 0 bridgehead atoms. The lowest BCUT2D eigenvalue weighted by molar-refractivity contribution is -0.139. The molecular weight excluding hydrogens is 426 g/mol. The highest BCUT2D eigenvalue weighted by Crippen LogP contribution is 2.21. The number of anilines is 2. The molecule has 2 aromatic carbocycles. The number of piperazine rings is 1. The minimum atomic E-state index is -1.06. The fraction of sp³-hybridized carbons (Fsp3) is 0.375. The summed E-state index contributed by atoms with van der Waals surface area (Å²) in [5.41, 5.74) is 1.59. The standard InChI is InChI=1S/C24H29N3O6/c1-24(2,3)33-23(31)27-14-12-26(13-15-27)19-8-6-18(7-9-19)25-22(30)17-4-10-20(11-5-17)32-16-21(28)29/h4-11H,12-16H2,1-3H3,(H,25,30)(H,28,29). The molecule has 33 heavy (non-hydrogen) atoms. The smallest absolute Gasteiger partial charge is 0.410 e. The lowest BCUT2D eigenvalue weighted by Crippen LogP contribution is -2.50. The number of carbonyl (C=O) groups excluding carboxylic acids is 2. The van der Waals surface area contributed by atoms with Gasteiger partial charge in [0.15, 0.2) is 6.61 Å². The molecule has 9 nitrogen and oxygen atoms in total. The van der Waals surface area contributed by atoms with Crippen LogP contribution in [0, 0.1) is 0 Å². The third-order valence-corrected chi connectivity index (χ3v) is 4.90. The van der Waals surface area contributed by atoms with Crippen molar-refractivity contribution in [2.75, 3.05) is 43.0 Å². The van der Waals surface area contributed by atoms with Crippen LogP contribution in [0.2, 0.25) is 0 Å². The molecule has 0 saturated carbocycles. The van der Waals surface area contributed by atoms with E-state index in [1.807, 2.05) is 45.0 Å². The van der Waals surface area contributed by atoms with Crippen molar-refractivity contribution in [2.24, 2.45) is 0 Å². The summed E-state index contributed by atoms with van der Waals surface area (Å²) < 4.78 is 10.5. The lowest BCUT2D eigenvalue weighted by Gasteiger charge is -2.36. The van der Waals surface area contributed by atoms with Gasteiger partial charge >= 0.3 is 12.1 Å². The second-order valence-corrected chi connectivity index (χ2v) is 8.66. The average molecular weight is 456 g/mol. The molecule has 0 aromatic heterocycles. The minimum absolute atomic E-state index is 0.279. The number of carboxylic acid groups (broad SMARTS) is 1. The molecule has 2 amide bonds. The molecule has 0 radical (unpaired) electrons. The number of carbonyl (C=O) groups is 3. The topological polar surface area (TPSA) is 108 Å². The summed E-state index contributed by atoms with van der Waals surface area (Å²) in [4.78, 5) is 39.1. The third-order valence-electron chi connectivity index (χ3n) is 4.90. The molecule has 0 aliphatic carbocycles. The third kappa shape index (κ3) is 7.13. The molecule has 9 heteroatoms. The van der Waals surface area contributed by atoms with Gasteiger partial charge in [-0.2, -0.15) is 0 Å². The summed E-state index contributed by atoms with van der Waals surface area (Å²) in [6, 6.07) is 13.8. The predicted molar refractivity (Wildman–Crippen MR) is 124 cm³/mol. The van der Waals surface area contributed by atoms with Crippen LogP contribution in [0.25, 0.3) is 0 Å². The number of nitrogens with zero attached hydrogens (tertiary/aromatic N) is 2. The summed E-state index contributed by atoms with van der Waals surface area (Å²) in [5.74, 6) is -0.964. The van der Waals surface area contributed by atoms with E-state index in [2.05, 4.69) is 10.2 Å². The monoisotopic (exact) mass is 455 g/mol. The Hall–Kier alpha value is -3.75. The van der Waals surface area contributed by atoms with Crippen LogP contribution in [0.5, 0.6) is 5.75 Å². The largest absolute Gasteiger partial charge is 0.482 e. The van der Waals surface area contributed by atoms with Crippen LogP contribution in [0.3, 0.4) is 0 Å². The van der Waals surface area contributed by atoms with Crippen LogP contribution in [0.4, 0.5) is 16.2 Å². The summed E-state index contributed by atoms with van der Waals surface area (Å²) in [6.45, 7) is 7.68. The van der Waals surface area contributed by atoms with Crippen LogP contribution in [0.15, 0.2) is 48.5 Å². The van der Waals surface area contributed by atoms with Gasteiger partial charge in [0.2, 0.25) is 0 Å². The first-order valence-corrected chi connectivity index (χ1v) is 10.7. The van der Waals surface area contributed by atoms with Crippen LogP contribution >= 0.6 is 0 Å². The summed E-state index contributed by atoms with van der Waals surface area (Å²) >= 11 is 0. The lowest BCUT2D eigenvalue weighted by atomic mass is 10.2. The fourth-order valence-corrected chi connectivity index (χ4v) is 3.28. The van der Waals surface area contributed by atoms with Crippen molar-refractivity contribution >= 4 is 29.3 Å². The van der Waals surface area contributed by atoms with Crippen LogP contribution in [-0.2, 0) is 9.53 Å². The molecule has 1 aliphatic heterocycles. The first kappa shape index (κ1) is 23.9. The van der Waals surface area contributed by atoms with Crippen molar-refractivity contribution in [3.05, 3.63) is 54.1 Å². The molecule has 1 saturated heterocycles. The molecule has 2 N–H and O–H groups in total. The predicted octanol–water partition coefficient (Wildman–Crippen LogP) is 3.46. The Bertz CT molecular complexity index is 975. The van der Waals surface area contributed by atoms with Crippen molar-refractivity contribution in [1.82, 2.24) is 4.90 Å². The number of hydrogen-bond acceptors (Lipinski definition) is 6. The normalized spacial score (nSPS) is 13.9. The second kappa shape index (κ2) is 10.2. The molecule has 176 valence electrons. The average Bonchev–Trinajstić information content (AvgIpc) is 2.77. The number of carboxylic acids is 1. The SMILES string of the molecule is CC(C)(C)OC(=O)N1CCN(c2ccc(NC(=O)c3ccc(OCC(=O)O)cc3)cc2)CC1. The van der Waals surface area contributed by atoms with Gasteiger partial charge in [-0.15, -0.1) is 0 Å². The van der Waals surface area contributed by atoms with Crippen LogP contribution in [0.1, 0.15) is 31.1 Å². The van der Waals surface area contributed by atoms with Gasteiger partial charge in [0.1, 0.15) is 11.4 Å². The highest BCUT2D eigenvalue weighted by Gasteiger charge is 2.25. The van der Waals surface area contributed by atoms with Gasteiger partial charge in [0.05, 0.1) is 0 Å². The van der Waals surface area contributed by atoms with E-state index in [9.17, 15) is 14.4 Å². The van der Waals surface area contributed by atoms with Crippen molar-refractivity contribution in [3.8, 4) is 5.75 Å². The molecule has 0 atom stereocenters. The van der Waals surface area contributed by atoms with Gasteiger partial charge in [0.25, 0.3) is 5.91 Å². The van der Waals surface area contributed by atoms with Crippen molar-refractivity contribution in [2.45, 2.75) is 26.4 Å². The van der Waals surface area contributed by atoms with Crippen LogP contribution in [-0.4, -0.2) is 66.4 Å². The molecule has 1 heterocycles. The Morgan fingerprint density at radius 3 is 2.09 bits per heavy atom. The van der Waals surface area contributed by atoms with Crippen molar-refractivity contribution in [3.63, 3.8) is 0 Å². The maximum atomic E-state index is 12.5. The van der Waals surface area contributed by atoms with Crippen molar-refractivity contribution < 1.29 is 29.0 Å². The van der Waals surface area contributed by atoms with E-state index in [1.165, 1.54) is 0 Å². The quantitative estimate of drug-likeness (QED) is 0.687. The van der Waals surface area contributed by atoms with Crippen molar-refractivity contribution in [1.29, 1.82) is 0 Å². The minimum Gasteiger partial charge on any atom is -0.482 e. The number of ether oxygens (including phenoxy) is 2. The zero-order chi connectivity index (χ0) is 24.0. The number of aliphatic carboxylic acids is 1. The molecule has 0 unspecified atom stereocenters. The Morgan fingerprint density at radius 1 is 0.939 bits per heavy atom. The molecule has 2 aromatic rings. The zero-order valence-electron chi connectivity index (χ0n) is 19.0. The zero-order valence-corrected chi connectivity index (χ0v) is 19.0. The molecule has 1 aliphatic rings. The first-order valence-electron chi connectivity index (χ1n) is 10.7. The Morgan fingerprint density at radius 2 is 1.55 bits per heavy atom. The van der Waals surface area contributed by atoms with E-state index in [4.69, 9.17) is 14.6 Å². The summed E-state index contributed by atoms with van der Waals surface area (Å²) in [6.07, 6.45) is -0.290. The maximum absolute atomic E-state index is 12.5. The second-order valence-electron chi connectivity index (χ2n) is 8.66. The highest BCUT2D eigenvalue weighted by molar-refractivity contribution is 6.04. The van der Waals surface area contributed by atoms with Crippen LogP contribution < -0.4 is 15.0 Å². The number of rotatable bonds is 6. The highest BCUT2D eigenvalue weighted by atomic mass is 16.6. The van der Waals surface area contributed by atoms with Gasteiger partial charge < -0.3 is 29.7 Å². The molecule has 0 spiro atoms. The van der Waals surface area contributed by atoms with E-state index < -0.39 is 18.2 Å². The number of benzene rings is 2. The molecule has 3 rings (SSSR count). The maximum Gasteiger partial charge on any atom is 0.410 e. The van der Waals surface area contributed by atoms with Gasteiger partial charge in [-0.3, -0.25) is 4.79 Å². The number of nitrogens with one attached hydrogen (secondary N) is 1. The van der Waals surface area contributed by atoms with E-state index in [-0.39, 0.29) is 12.0 Å². The Balaban J connectivity index is 1.51. The van der Waals surface area contributed by atoms with E-state index in [0.29, 0.717) is 43.2 Å². The summed E-state index contributed by atoms with van der Waals surface area (Å²) in [5, 5.41) is 11.5. The molecular formula is C24H29N3O6. The summed E-state index contributed by atoms with van der Waals surface area (Å²) in [7, 11) is 0. The van der Waals surface area contributed by atoms with E-state index in [1.54, 1.807) is 29.2 Å².